The van der Waals surface area contributed by atoms with E-state index in [9.17, 15) is 4.79 Å². The lowest BCUT2D eigenvalue weighted by Crippen LogP contribution is -2.28. The van der Waals surface area contributed by atoms with Crippen molar-refractivity contribution in [2.75, 3.05) is 17.8 Å². The number of amides is 1. The quantitative estimate of drug-likeness (QED) is 0.794. The van der Waals surface area contributed by atoms with Gasteiger partial charge < -0.3 is 4.74 Å². The minimum absolute atomic E-state index is 0.0329. The van der Waals surface area contributed by atoms with Crippen LogP contribution in [0.25, 0.3) is 0 Å². The standard InChI is InChI=1S/C16H13Cl2NO2S/c1-21-14-5-3-2-4-13(14)19-15(20)9-22-16(19)11-7-6-10(17)8-12(11)18/h2-8,16H,9H2,1H3/t16-/m1/s1. The molecule has 0 radical (unpaired) electrons. The van der Waals surface area contributed by atoms with Crippen molar-refractivity contribution in [1.82, 2.24) is 0 Å². The van der Waals surface area contributed by atoms with Crippen molar-refractivity contribution in [3.63, 3.8) is 0 Å². The molecule has 1 fully saturated rings. The van der Waals surface area contributed by atoms with Crippen LogP contribution in [0.15, 0.2) is 42.5 Å². The lowest BCUT2D eigenvalue weighted by Gasteiger charge is -2.26. The van der Waals surface area contributed by atoms with Crippen LogP contribution in [0.2, 0.25) is 10.0 Å². The average Bonchev–Trinajstić information content (AvgIpc) is 2.88. The van der Waals surface area contributed by atoms with Gasteiger partial charge in [-0.1, -0.05) is 41.4 Å². The summed E-state index contributed by atoms with van der Waals surface area (Å²) in [5.41, 5.74) is 1.61. The fourth-order valence-corrected chi connectivity index (χ4v) is 4.23. The van der Waals surface area contributed by atoms with E-state index < -0.39 is 0 Å². The largest absolute Gasteiger partial charge is 0.495 e. The maximum Gasteiger partial charge on any atom is 0.238 e. The van der Waals surface area contributed by atoms with Crippen LogP contribution in [-0.2, 0) is 4.79 Å². The van der Waals surface area contributed by atoms with E-state index >= 15 is 0 Å². The van der Waals surface area contributed by atoms with Gasteiger partial charge in [-0.05, 0) is 24.3 Å². The second-order valence-corrected chi connectivity index (χ2v) is 6.68. The van der Waals surface area contributed by atoms with Crippen LogP contribution >= 0.6 is 35.0 Å². The predicted molar refractivity (Wildman–Crippen MR) is 92.1 cm³/mol. The first-order chi connectivity index (χ1) is 10.6. The second kappa shape index (κ2) is 6.41. The summed E-state index contributed by atoms with van der Waals surface area (Å²) in [6.07, 6.45) is 0. The van der Waals surface area contributed by atoms with Crippen LogP contribution in [0.3, 0.4) is 0 Å². The van der Waals surface area contributed by atoms with Gasteiger partial charge in [-0.2, -0.15) is 0 Å². The maximum absolute atomic E-state index is 12.4. The molecule has 1 heterocycles. The van der Waals surface area contributed by atoms with Crippen molar-refractivity contribution < 1.29 is 9.53 Å². The van der Waals surface area contributed by atoms with E-state index in [2.05, 4.69) is 0 Å². The molecule has 2 aromatic rings. The normalized spacial score (nSPS) is 17.9. The summed E-state index contributed by atoms with van der Waals surface area (Å²) in [6.45, 7) is 0. The summed E-state index contributed by atoms with van der Waals surface area (Å²) in [6, 6.07) is 12.8. The van der Waals surface area contributed by atoms with Gasteiger partial charge in [-0.25, -0.2) is 0 Å². The highest BCUT2D eigenvalue weighted by Gasteiger charge is 2.36. The molecule has 0 spiro atoms. The summed E-state index contributed by atoms with van der Waals surface area (Å²) < 4.78 is 5.38. The Hall–Kier alpha value is -1.36. The number of ether oxygens (including phenoxy) is 1. The van der Waals surface area contributed by atoms with Crippen molar-refractivity contribution in [1.29, 1.82) is 0 Å². The van der Waals surface area contributed by atoms with Gasteiger partial charge in [0.15, 0.2) is 0 Å². The SMILES string of the molecule is COc1ccccc1N1C(=O)CS[C@@H]1c1ccc(Cl)cc1Cl. The van der Waals surface area contributed by atoms with Gasteiger partial charge in [0.1, 0.15) is 11.1 Å². The molecule has 1 amide bonds. The van der Waals surface area contributed by atoms with Crippen LogP contribution in [-0.4, -0.2) is 18.8 Å². The van der Waals surface area contributed by atoms with Gasteiger partial charge in [-0.3, -0.25) is 9.69 Å². The van der Waals surface area contributed by atoms with Crippen LogP contribution in [0.1, 0.15) is 10.9 Å². The van der Waals surface area contributed by atoms with E-state index in [0.717, 1.165) is 11.3 Å². The zero-order chi connectivity index (χ0) is 15.7. The van der Waals surface area contributed by atoms with Gasteiger partial charge in [0.2, 0.25) is 5.91 Å². The summed E-state index contributed by atoms with van der Waals surface area (Å²) in [5, 5.41) is 0.945. The predicted octanol–water partition coefficient (Wildman–Crippen LogP) is 4.78. The third-order valence-electron chi connectivity index (χ3n) is 3.44. The third-order valence-corrected chi connectivity index (χ3v) is 5.20. The molecule has 1 aliphatic heterocycles. The van der Waals surface area contributed by atoms with Crippen LogP contribution in [0.5, 0.6) is 5.75 Å². The number of hydrogen-bond donors (Lipinski definition) is 0. The molecule has 0 unspecified atom stereocenters. The number of para-hydroxylation sites is 2. The van der Waals surface area contributed by atoms with Gasteiger partial charge in [0, 0.05) is 15.6 Å². The highest BCUT2D eigenvalue weighted by Crippen LogP contribution is 2.46. The van der Waals surface area contributed by atoms with Crippen molar-refractivity contribution in [2.45, 2.75) is 5.37 Å². The van der Waals surface area contributed by atoms with Crippen LogP contribution < -0.4 is 9.64 Å². The Kier molecular flexibility index (Phi) is 4.52. The first kappa shape index (κ1) is 15.5. The number of benzene rings is 2. The lowest BCUT2D eigenvalue weighted by molar-refractivity contribution is -0.115. The van der Waals surface area contributed by atoms with Crippen LogP contribution in [0.4, 0.5) is 5.69 Å². The number of anilines is 1. The molecule has 1 aliphatic rings. The minimum atomic E-state index is -0.187. The lowest BCUT2D eigenvalue weighted by atomic mass is 10.1. The molecule has 6 heteroatoms. The molecular formula is C16H13Cl2NO2S. The van der Waals surface area contributed by atoms with Crippen LogP contribution in [0, 0.1) is 0 Å². The Balaban J connectivity index is 2.06. The molecule has 0 N–H and O–H groups in total. The van der Waals surface area contributed by atoms with Crippen molar-refractivity contribution in [3.8, 4) is 5.75 Å². The zero-order valence-corrected chi connectivity index (χ0v) is 14.1. The molecule has 0 aliphatic carbocycles. The molecule has 1 atom stereocenters. The molecule has 3 nitrogen and oxygen atoms in total. The number of carbonyl (C=O) groups is 1. The second-order valence-electron chi connectivity index (χ2n) is 4.76. The van der Waals surface area contributed by atoms with E-state index in [1.165, 1.54) is 11.8 Å². The molecule has 1 saturated heterocycles. The van der Waals surface area contributed by atoms with Crippen molar-refractivity contribution in [2.24, 2.45) is 0 Å². The monoisotopic (exact) mass is 353 g/mol. The zero-order valence-electron chi connectivity index (χ0n) is 11.8. The van der Waals surface area contributed by atoms with Gasteiger partial charge in [0.05, 0.1) is 18.6 Å². The molecule has 0 aromatic heterocycles. The van der Waals surface area contributed by atoms with E-state index in [4.69, 9.17) is 27.9 Å². The molecule has 0 saturated carbocycles. The van der Waals surface area contributed by atoms with E-state index in [1.54, 1.807) is 24.1 Å². The van der Waals surface area contributed by atoms with Gasteiger partial charge >= 0.3 is 0 Å². The van der Waals surface area contributed by atoms with Gasteiger partial charge in [0.25, 0.3) is 0 Å². The summed E-state index contributed by atoms with van der Waals surface area (Å²) >= 11 is 13.8. The molecule has 2 aromatic carbocycles. The summed E-state index contributed by atoms with van der Waals surface area (Å²) in [7, 11) is 1.59. The average molecular weight is 354 g/mol. The Morgan fingerprint density at radius 2 is 2.00 bits per heavy atom. The fourth-order valence-electron chi connectivity index (χ4n) is 2.45. The molecule has 3 rings (SSSR count). The third kappa shape index (κ3) is 2.78. The Labute approximate surface area is 143 Å². The number of halogens is 2. The number of methoxy groups -OCH3 is 1. The molecular weight excluding hydrogens is 341 g/mol. The van der Waals surface area contributed by atoms with Gasteiger partial charge in [-0.15, -0.1) is 11.8 Å². The van der Waals surface area contributed by atoms with Crippen molar-refractivity contribution in [3.05, 3.63) is 58.1 Å². The maximum atomic E-state index is 12.4. The molecule has 22 heavy (non-hydrogen) atoms. The van der Waals surface area contributed by atoms with Crippen molar-refractivity contribution >= 4 is 46.6 Å². The Morgan fingerprint density at radius 1 is 1.23 bits per heavy atom. The minimum Gasteiger partial charge on any atom is -0.495 e. The number of thioether (sulfide) groups is 1. The Bertz CT molecular complexity index is 723. The smallest absolute Gasteiger partial charge is 0.238 e. The topological polar surface area (TPSA) is 29.5 Å². The first-order valence-corrected chi connectivity index (χ1v) is 8.44. The summed E-state index contributed by atoms with van der Waals surface area (Å²) in [5.74, 6) is 1.10. The fraction of sp³-hybridized carbons (Fsp3) is 0.188. The Morgan fingerprint density at radius 3 is 2.73 bits per heavy atom. The van der Waals surface area contributed by atoms with E-state index in [-0.39, 0.29) is 11.3 Å². The highest BCUT2D eigenvalue weighted by atomic mass is 35.5. The number of carbonyl (C=O) groups excluding carboxylic acids is 1. The number of rotatable bonds is 3. The first-order valence-electron chi connectivity index (χ1n) is 6.63. The van der Waals surface area contributed by atoms with E-state index in [0.29, 0.717) is 21.5 Å². The highest BCUT2D eigenvalue weighted by molar-refractivity contribution is 8.00. The summed E-state index contributed by atoms with van der Waals surface area (Å²) in [4.78, 5) is 14.1. The molecule has 0 bridgehead atoms. The number of nitrogens with zero attached hydrogens (tertiary/aromatic N) is 1. The number of hydrogen-bond acceptors (Lipinski definition) is 3. The van der Waals surface area contributed by atoms with E-state index in [1.807, 2.05) is 30.3 Å². The molecule has 114 valence electrons.